The molecule has 0 spiro atoms. The summed E-state index contributed by atoms with van der Waals surface area (Å²) in [4.78, 5) is 14.7. The average molecular weight is 291 g/mol. The Morgan fingerprint density at radius 1 is 1.29 bits per heavy atom. The molecule has 0 aliphatic carbocycles. The van der Waals surface area contributed by atoms with E-state index in [4.69, 9.17) is 5.73 Å². The normalized spacial score (nSPS) is 11.0. The van der Waals surface area contributed by atoms with Crippen LogP contribution in [0.25, 0.3) is 5.95 Å². The van der Waals surface area contributed by atoms with E-state index in [0.29, 0.717) is 18.4 Å². The first kappa shape index (κ1) is 15.2. The highest BCUT2D eigenvalue weighted by Gasteiger charge is 2.19. The van der Waals surface area contributed by atoms with E-state index in [2.05, 4.69) is 33.9 Å². The van der Waals surface area contributed by atoms with Gasteiger partial charge in [-0.1, -0.05) is 13.8 Å². The summed E-state index contributed by atoms with van der Waals surface area (Å²) in [5, 5.41) is 13.4. The Morgan fingerprint density at radius 2 is 2.05 bits per heavy atom. The summed E-state index contributed by atoms with van der Waals surface area (Å²) in [7, 11) is 0. The maximum Gasteiger partial charge on any atom is 0.257 e. The highest BCUT2D eigenvalue weighted by Crippen LogP contribution is 2.17. The molecule has 2 heterocycles. The molecule has 8 nitrogen and oxygen atoms in total. The van der Waals surface area contributed by atoms with Gasteiger partial charge in [0, 0.05) is 25.0 Å². The lowest BCUT2D eigenvalue weighted by Gasteiger charge is -2.30. The van der Waals surface area contributed by atoms with Gasteiger partial charge in [0.15, 0.2) is 0 Å². The van der Waals surface area contributed by atoms with Crippen molar-refractivity contribution in [3.05, 3.63) is 18.5 Å². The summed E-state index contributed by atoms with van der Waals surface area (Å²) in [6, 6.07) is 2.02. The van der Waals surface area contributed by atoms with Crippen LogP contribution in [0.4, 0.5) is 11.9 Å². The Labute approximate surface area is 123 Å². The van der Waals surface area contributed by atoms with Crippen molar-refractivity contribution in [2.45, 2.75) is 32.7 Å². The van der Waals surface area contributed by atoms with E-state index >= 15 is 0 Å². The van der Waals surface area contributed by atoms with Crippen LogP contribution >= 0.6 is 0 Å². The minimum absolute atomic E-state index is 0.0270. The number of nitrogen functional groups attached to an aromatic ring is 1. The first-order valence-electron chi connectivity index (χ1n) is 7.08. The number of nitrogens with two attached hydrogens (primary N) is 1. The molecule has 114 valence electrons. The van der Waals surface area contributed by atoms with E-state index in [-0.39, 0.29) is 18.6 Å². The zero-order valence-electron chi connectivity index (χ0n) is 12.3. The van der Waals surface area contributed by atoms with E-state index in [1.54, 1.807) is 18.5 Å². The van der Waals surface area contributed by atoms with Crippen LogP contribution in [-0.2, 0) is 0 Å². The van der Waals surface area contributed by atoms with Gasteiger partial charge in [0.25, 0.3) is 5.95 Å². The summed E-state index contributed by atoms with van der Waals surface area (Å²) in [5.41, 5.74) is 5.79. The van der Waals surface area contributed by atoms with Crippen molar-refractivity contribution in [2.24, 2.45) is 0 Å². The van der Waals surface area contributed by atoms with Crippen LogP contribution in [-0.4, -0.2) is 49.0 Å². The summed E-state index contributed by atoms with van der Waals surface area (Å²) >= 11 is 0. The van der Waals surface area contributed by atoms with Crippen molar-refractivity contribution in [3.8, 4) is 5.95 Å². The summed E-state index contributed by atoms with van der Waals surface area (Å²) < 4.78 is 1.53. The van der Waals surface area contributed by atoms with Crippen LogP contribution in [0, 0.1) is 0 Å². The van der Waals surface area contributed by atoms with Gasteiger partial charge in [0.2, 0.25) is 11.9 Å². The molecule has 0 fully saturated rings. The number of hydrogen-bond donors (Lipinski definition) is 2. The molecule has 2 aromatic rings. The van der Waals surface area contributed by atoms with Crippen LogP contribution in [0.15, 0.2) is 18.5 Å². The van der Waals surface area contributed by atoms with Crippen LogP contribution in [0.3, 0.4) is 0 Å². The lowest BCUT2D eigenvalue weighted by molar-refractivity contribution is 0.295. The topological polar surface area (TPSA) is 106 Å². The molecule has 0 amide bonds. The first-order valence-corrected chi connectivity index (χ1v) is 7.08. The third-order valence-corrected chi connectivity index (χ3v) is 3.32. The van der Waals surface area contributed by atoms with Gasteiger partial charge in [-0.3, -0.25) is 0 Å². The molecule has 0 aromatic carbocycles. The lowest BCUT2D eigenvalue weighted by Crippen LogP contribution is -2.38. The van der Waals surface area contributed by atoms with Gasteiger partial charge in [0.1, 0.15) is 0 Å². The van der Waals surface area contributed by atoms with Crippen molar-refractivity contribution in [1.29, 1.82) is 0 Å². The molecule has 21 heavy (non-hydrogen) atoms. The Morgan fingerprint density at radius 3 is 2.62 bits per heavy atom. The number of aliphatic hydroxyl groups excluding tert-OH is 1. The van der Waals surface area contributed by atoms with Crippen LogP contribution in [0.5, 0.6) is 0 Å². The SMILES string of the molecule is CCC(CC)N(CCO)c1nc(N)nc(-n2cccn2)n1. The van der Waals surface area contributed by atoms with Crippen molar-refractivity contribution in [3.63, 3.8) is 0 Å². The molecule has 0 unspecified atom stereocenters. The van der Waals surface area contributed by atoms with Crippen molar-refractivity contribution in [1.82, 2.24) is 24.7 Å². The summed E-state index contributed by atoms with van der Waals surface area (Å²) in [5.74, 6) is 0.978. The zero-order chi connectivity index (χ0) is 15.2. The largest absolute Gasteiger partial charge is 0.395 e. The predicted molar refractivity (Wildman–Crippen MR) is 80.2 cm³/mol. The zero-order valence-corrected chi connectivity index (χ0v) is 12.3. The number of nitrogens with zero attached hydrogens (tertiary/aromatic N) is 6. The molecule has 8 heteroatoms. The second-order valence-corrected chi connectivity index (χ2v) is 4.63. The molecule has 0 bridgehead atoms. The van der Waals surface area contributed by atoms with Gasteiger partial charge in [0.05, 0.1) is 6.61 Å². The van der Waals surface area contributed by atoms with E-state index in [9.17, 15) is 5.11 Å². The maximum absolute atomic E-state index is 9.30. The maximum atomic E-state index is 9.30. The molecular formula is C13H21N7O. The van der Waals surface area contributed by atoms with E-state index in [0.717, 1.165) is 12.8 Å². The van der Waals surface area contributed by atoms with Gasteiger partial charge in [-0.05, 0) is 18.9 Å². The van der Waals surface area contributed by atoms with Gasteiger partial charge in [-0.15, -0.1) is 0 Å². The Bertz CT molecular complexity index is 554. The highest BCUT2D eigenvalue weighted by atomic mass is 16.3. The van der Waals surface area contributed by atoms with Gasteiger partial charge < -0.3 is 15.7 Å². The minimum Gasteiger partial charge on any atom is -0.395 e. The fraction of sp³-hybridized carbons (Fsp3) is 0.538. The third kappa shape index (κ3) is 3.46. The molecule has 0 saturated heterocycles. The van der Waals surface area contributed by atoms with E-state index in [1.165, 1.54) is 4.68 Å². The third-order valence-electron chi connectivity index (χ3n) is 3.32. The Kier molecular flexibility index (Phi) is 5.04. The van der Waals surface area contributed by atoms with Crippen molar-refractivity contribution in [2.75, 3.05) is 23.8 Å². The van der Waals surface area contributed by atoms with Crippen LogP contribution in [0.2, 0.25) is 0 Å². The number of rotatable bonds is 7. The molecule has 0 aliphatic heterocycles. The number of hydrogen-bond acceptors (Lipinski definition) is 7. The average Bonchev–Trinajstić information content (AvgIpc) is 3.01. The molecule has 0 radical (unpaired) electrons. The smallest absolute Gasteiger partial charge is 0.257 e. The van der Waals surface area contributed by atoms with Crippen molar-refractivity contribution < 1.29 is 5.11 Å². The minimum atomic E-state index is 0.0270. The second kappa shape index (κ2) is 6.98. The first-order chi connectivity index (χ1) is 10.2. The van der Waals surface area contributed by atoms with Gasteiger partial charge in [-0.2, -0.15) is 20.1 Å². The monoisotopic (exact) mass is 291 g/mol. The van der Waals surface area contributed by atoms with E-state index < -0.39 is 0 Å². The second-order valence-electron chi connectivity index (χ2n) is 4.63. The molecule has 2 aromatic heterocycles. The number of aromatic nitrogens is 5. The summed E-state index contributed by atoms with van der Waals surface area (Å²) in [6.07, 6.45) is 5.25. The lowest BCUT2D eigenvalue weighted by atomic mass is 10.1. The number of anilines is 2. The fourth-order valence-electron chi connectivity index (χ4n) is 2.27. The molecular weight excluding hydrogens is 270 g/mol. The molecule has 0 aliphatic rings. The number of aliphatic hydroxyl groups is 1. The fourth-order valence-corrected chi connectivity index (χ4v) is 2.27. The van der Waals surface area contributed by atoms with E-state index in [1.807, 2.05) is 4.90 Å². The van der Waals surface area contributed by atoms with Gasteiger partial charge in [-0.25, -0.2) is 4.68 Å². The molecule has 3 N–H and O–H groups in total. The summed E-state index contributed by atoms with van der Waals surface area (Å²) in [6.45, 7) is 4.67. The molecule has 0 saturated carbocycles. The van der Waals surface area contributed by atoms with Crippen LogP contribution < -0.4 is 10.6 Å². The Balaban J connectivity index is 2.40. The quantitative estimate of drug-likeness (QED) is 0.770. The standard InChI is InChI=1S/C13H21N7O/c1-3-10(4-2)19(8-9-21)12-16-11(14)17-13(18-12)20-7-5-6-15-20/h5-7,10,21H,3-4,8-9H2,1-2H3,(H2,14,16,17,18). The molecule has 2 rings (SSSR count). The molecule has 0 atom stereocenters. The highest BCUT2D eigenvalue weighted by molar-refractivity contribution is 5.38. The van der Waals surface area contributed by atoms with Crippen LogP contribution in [0.1, 0.15) is 26.7 Å². The predicted octanol–water partition coefficient (Wildman–Crippen LogP) is 0.627. The Hall–Kier alpha value is -2.22. The van der Waals surface area contributed by atoms with Crippen molar-refractivity contribution >= 4 is 11.9 Å². The van der Waals surface area contributed by atoms with Gasteiger partial charge >= 0.3 is 0 Å².